The maximum absolute atomic E-state index is 5.97. The summed E-state index contributed by atoms with van der Waals surface area (Å²) < 4.78 is 0. The third kappa shape index (κ3) is 1.87. The number of pyridine rings is 1. The fourth-order valence-corrected chi connectivity index (χ4v) is 2.96. The molecule has 0 spiro atoms. The maximum atomic E-state index is 5.97. The SMILES string of the molecule is Clc1cncc(C2=CC[C@H]3CNC[C@H]3C2)c1. The summed E-state index contributed by atoms with van der Waals surface area (Å²) in [7, 11) is 0. The van der Waals surface area contributed by atoms with Crippen LogP contribution in [0, 0.1) is 11.8 Å². The number of rotatable bonds is 1. The molecule has 0 saturated carbocycles. The van der Waals surface area contributed by atoms with E-state index in [0.29, 0.717) is 0 Å². The summed E-state index contributed by atoms with van der Waals surface area (Å²) in [5, 5.41) is 4.20. The average molecular weight is 235 g/mol. The quantitative estimate of drug-likeness (QED) is 0.808. The first-order valence-electron chi connectivity index (χ1n) is 5.83. The number of nitrogens with one attached hydrogen (secondary N) is 1. The number of halogens is 1. The Hall–Kier alpha value is -0.860. The van der Waals surface area contributed by atoms with Gasteiger partial charge in [0.1, 0.15) is 0 Å². The monoisotopic (exact) mass is 234 g/mol. The van der Waals surface area contributed by atoms with Gasteiger partial charge in [0.2, 0.25) is 0 Å². The normalized spacial score (nSPS) is 28.7. The number of fused-ring (bicyclic) bond motifs is 1. The Balaban J connectivity index is 1.85. The Morgan fingerprint density at radius 3 is 3.00 bits per heavy atom. The molecule has 2 aliphatic rings. The second kappa shape index (κ2) is 4.19. The van der Waals surface area contributed by atoms with Gasteiger partial charge in [-0.3, -0.25) is 4.98 Å². The molecule has 1 aliphatic heterocycles. The predicted molar refractivity (Wildman–Crippen MR) is 66.3 cm³/mol. The van der Waals surface area contributed by atoms with Crippen molar-refractivity contribution >= 4 is 17.2 Å². The lowest BCUT2D eigenvalue weighted by Crippen LogP contribution is -2.16. The Kier molecular flexibility index (Phi) is 2.70. The minimum absolute atomic E-state index is 0.727. The van der Waals surface area contributed by atoms with E-state index in [1.165, 1.54) is 30.5 Å². The van der Waals surface area contributed by atoms with Crippen molar-refractivity contribution in [2.45, 2.75) is 12.8 Å². The summed E-state index contributed by atoms with van der Waals surface area (Å²) in [5.41, 5.74) is 2.61. The van der Waals surface area contributed by atoms with Gasteiger partial charge in [-0.25, -0.2) is 0 Å². The fraction of sp³-hybridized carbons (Fsp3) is 0.462. The van der Waals surface area contributed by atoms with Crippen molar-refractivity contribution in [3.63, 3.8) is 0 Å². The predicted octanol–water partition coefficient (Wildman–Crippen LogP) is 2.75. The van der Waals surface area contributed by atoms with Crippen LogP contribution in [0.2, 0.25) is 5.02 Å². The van der Waals surface area contributed by atoms with Crippen LogP contribution in [0.3, 0.4) is 0 Å². The van der Waals surface area contributed by atoms with E-state index >= 15 is 0 Å². The number of hydrogen-bond acceptors (Lipinski definition) is 2. The first-order chi connectivity index (χ1) is 7.83. The number of hydrogen-bond donors (Lipinski definition) is 1. The zero-order valence-corrected chi connectivity index (χ0v) is 9.87. The summed E-state index contributed by atoms with van der Waals surface area (Å²) in [4.78, 5) is 4.16. The van der Waals surface area contributed by atoms with Crippen LogP contribution in [0.5, 0.6) is 0 Å². The molecule has 0 radical (unpaired) electrons. The molecule has 16 heavy (non-hydrogen) atoms. The van der Waals surface area contributed by atoms with E-state index in [0.717, 1.165) is 23.4 Å². The lowest BCUT2D eigenvalue weighted by molar-refractivity contribution is 0.418. The Labute approximate surface area is 101 Å². The van der Waals surface area contributed by atoms with Gasteiger partial charge >= 0.3 is 0 Å². The van der Waals surface area contributed by atoms with Gasteiger partial charge in [0.05, 0.1) is 5.02 Å². The Bertz CT molecular complexity index is 428. The van der Waals surface area contributed by atoms with Gasteiger partial charge in [-0.1, -0.05) is 17.7 Å². The van der Waals surface area contributed by atoms with Gasteiger partial charge < -0.3 is 5.32 Å². The number of allylic oxidation sites excluding steroid dienone is 2. The van der Waals surface area contributed by atoms with Crippen LogP contribution in [-0.2, 0) is 0 Å². The molecule has 0 aromatic carbocycles. The van der Waals surface area contributed by atoms with Crippen molar-refractivity contribution in [1.29, 1.82) is 0 Å². The first-order valence-corrected chi connectivity index (χ1v) is 6.21. The van der Waals surface area contributed by atoms with Crippen molar-refractivity contribution in [2.75, 3.05) is 13.1 Å². The first kappa shape index (κ1) is 10.3. The van der Waals surface area contributed by atoms with Crippen molar-refractivity contribution in [1.82, 2.24) is 10.3 Å². The number of nitrogens with zero attached hydrogens (tertiary/aromatic N) is 1. The summed E-state index contributed by atoms with van der Waals surface area (Å²) in [6.07, 6.45) is 8.33. The molecule has 84 valence electrons. The van der Waals surface area contributed by atoms with E-state index in [1.54, 1.807) is 6.20 Å². The van der Waals surface area contributed by atoms with Gasteiger partial charge in [-0.05, 0) is 55.0 Å². The molecule has 1 aliphatic carbocycles. The molecule has 1 aromatic heterocycles. The van der Waals surface area contributed by atoms with E-state index < -0.39 is 0 Å². The molecule has 0 unspecified atom stereocenters. The lowest BCUT2D eigenvalue weighted by atomic mass is 9.80. The molecule has 1 fully saturated rings. The molecule has 2 nitrogen and oxygen atoms in total. The lowest BCUT2D eigenvalue weighted by Gasteiger charge is -2.24. The van der Waals surface area contributed by atoms with E-state index in [9.17, 15) is 0 Å². The largest absolute Gasteiger partial charge is 0.316 e. The Morgan fingerprint density at radius 2 is 2.12 bits per heavy atom. The summed E-state index contributed by atoms with van der Waals surface area (Å²) in [6, 6.07) is 2.02. The van der Waals surface area contributed by atoms with E-state index in [2.05, 4.69) is 16.4 Å². The molecule has 3 rings (SSSR count). The fourth-order valence-electron chi connectivity index (χ4n) is 2.78. The van der Waals surface area contributed by atoms with Crippen LogP contribution in [0.15, 0.2) is 24.5 Å². The summed E-state index contributed by atoms with van der Waals surface area (Å²) >= 11 is 5.97. The minimum atomic E-state index is 0.727. The molecule has 3 heteroatoms. The molecular formula is C13H15ClN2. The molecule has 1 N–H and O–H groups in total. The highest BCUT2D eigenvalue weighted by molar-refractivity contribution is 6.30. The molecule has 1 saturated heterocycles. The Morgan fingerprint density at radius 1 is 1.25 bits per heavy atom. The minimum Gasteiger partial charge on any atom is -0.316 e. The third-order valence-electron chi connectivity index (χ3n) is 3.70. The highest BCUT2D eigenvalue weighted by atomic mass is 35.5. The highest BCUT2D eigenvalue weighted by Gasteiger charge is 2.30. The van der Waals surface area contributed by atoms with E-state index in [4.69, 9.17) is 11.6 Å². The third-order valence-corrected chi connectivity index (χ3v) is 3.91. The van der Waals surface area contributed by atoms with Crippen molar-refractivity contribution in [3.8, 4) is 0 Å². The van der Waals surface area contributed by atoms with Crippen LogP contribution >= 0.6 is 11.6 Å². The van der Waals surface area contributed by atoms with Crippen LogP contribution in [0.25, 0.3) is 5.57 Å². The smallest absolute Gasteiger partial charge is 0.0595 e. The van der Waals surface area contributed by atoms with Crippen LogP contribution in [-0.4, -0.2) is 18.1 Å². The molecule has 2 atom stereocenters. The average Bonchev–Trinajstić information content (AvgIpc) is 2.75. The topological polar surface area (TPSA) is 24.9 Å². The molecule has 2 heterocycles. The molecule has 1 aromatic rings. The zero-order valence-electron chi connectivity index (χ0n) is 9.12. The van der Waals surface area contributed by atoms with Gasteiger partial charge in [0.15, 0.2) is 0 Å². The molecule has 0 amide bonds. The zero-order chi connectivity index (χ0) is 11.0. The van der Waals surface area contributed by atoms with Crippen LogP contribution < -0.4 is 5.32 Å². The van der Waals surface area contributed by atoms with Crippen LogP contribution in [0.4, 0.5) is 0 Å². The standard InChI is InChI=1S/C13H15ClN2/c14-13-4-12(7-16-8-13)9-1-2-10-5-15-6-11(10)3-9/h1,4,7-8,10-11,15H,2-3,5-6H2/t10-,11+/m0/s1. The second-order valence-electron chi connectivity index (χ2n) is 4.74. The van der Waals surface area contributed by atoms with E-state index in [-0.39, 0.29) is 0 Å². The highest BCUT2D eigenvalue weighted by Crippen LogP contribution is 2.36. The summed E-state index contributed by atoms with van der Waals surface area (Å²) in [6.45, 7) is 2.35. The summed E-state index contributed by atoms with van der Waals surface area (Å²) in [5.74, 6) is 1.65. The van der Waals surface area contributed by atoms with Crippen molar-refractivity contribution in [2.24, 2.45) is 11.8 Å². The van der Waals surface area contributed by atoms with E-state index in [1.807, 2.05) is 12.3 Å². The van der Waals surface area contributed by atoms with Gasteiger partial charge in [0, 0.05) is 12.4 Å². The van der Waals surface area contributed by atoms with Crippen LogP contribution in [0.1, 0.15) is 18.4 Å². The maximum Gasteiger partial charge on any atom is 0.0595 e. The van der Waals surface area contributed by atoms with Gasteiger partial charge in [0.25, 0.3) is 0 Å². The second-order valence-corrected chi connectivity index (χ2v) is 5.18. The molecular weight excluding hydrogens is 220 g/mol. The van der Waals surface area contributed by atoms with Crippen molar-refractivity contribution in [3.05, 3.63) is 35.1 Å². The molecule has 0 bridgehead atoms. The van der Waals surface area contributed by atoms with Gasteiger partial charge in [-0.2, -0.15) is 0 Å². The van der Waals surface area contributed by atoms with Gasteiger partial charge in [-0.15, -0.1) is 0 Å². The van der Waals surface area contributed by atoms with Crippen molar-refractivity contribution < 1.29 is 0 Å². The number of aromatic nitrogens is 1.